The Morgan fingerprint density at radius 1 is 1.11 bits per heavy atom. The van der Waals surface area contributed by atoms with Gasteiger partial charge >= 0.3 is 0 Å². The van der Waals surface area contributed by atoms with Gasteiger partial charge in [-0.1, -0.05) is 18.2 Å². The molecule has 0 spiro atoms. The maximum atomic E-state index is 13.8. The van der Waals surface area contributed by atoms with E-state index >= 15 is 0 Å². The summed E-state index contributed by atoms with van der Waals surface area (Å²) in [5.74, 6) is -4.88. The Morgan fingerprint density at radius 3 is 2.71 bits per heavy atom. The SMILES string of the molecule is CC1Cc2ccccc2N1c1nccc(C(=O)Nc2ccc(F)c(F)c2F)n1. The molecule has 0 fully saturated rings. The van der Waals surface area contributed by atoms with Crippen LogP contribution in [0.3, 0.4) is 0 Å². The average Bonchev–Trinajstić information content (AvgIpc) is 3.04. The van der Waals surface area contributed by atoms with Crippen LogP contribution in [0, 0.1) is 17.5 Å². The molecule has 1 aromatic heterocycles. The fourth-order valence-corrected chi connectivity index (χ4v) is 3.27. The number of carbonyl (C=O) groups excluding carboxylic acids is 1. The van der Waals surface area contributed by atoms with Crippen molar-refractivity contribution in [3.8, 4) is 0 Å². The Bertz CT molecular complexity index is 1070. The van der Waals surface area contributed by atoms with Crippen LogP contribution in [0.4, 0.5) is 30.5 Å². The molecule has 28 heavy (non-hydrogen) atoms. The zero-order valence-corrected chi connectivity index (χ0v) is 14.8. The van der Waals surface area contributed by atoms with Crippen LogP contribution < -0.4 is 10.2 Å². The van der Waals surface area contributed by atoms with Gasteiger partial charge in [-0.05, 0) is 43.2 Å². The quantitative estimate of drug-likeness (QED) is 0.687. The summed E-state index contributed by atoms with van der Waals surface area (Å²) in [5.41, 5.74) is 1.62. The van der Waals surface area contributed by atoms with Crippen LogP contribution in [0.2, 0.25) is 0 Å². The van der Waals surface area contributed by atoms with Gasteiger partial charge in [-0.2, -0.15) is 0 Å². The molecule has 0 saturated carbocycles. The average molecular weight is 384 g/mol. The summed E-state index contributed by atoms with van der Waals surface area (Å²) in [6.45, 7) is 2.02. The molecule has 1 atom stereocenters. The van der Waals surface area contributed by atoms with Crippen LogP contribution in [0.5, 0.6) is 0 Å². The van der Waals surface area contributed by atoms with Crippen molar-refractivity contribution in [1.82, 2.24) is 9.97 Å². The number of para-hydroxylation sites is 1. The van der Waals surface area contributed by atoms with Crippen molar-refractivity contribution in [2.45, 2.75) is 19.4 Å². The number of fused-ring (bicyclic) bond motifs is 1. The highest BCUT2D eigenvalue weighted by Crippen LogP contribution is 2.36. The van der Waals surface area contributed by atoms with Gasteiger partial charge in [0, 0.05) is 17.9 Å². The number of hydrogen-bond donors (Lipinski definition) is 1. The summed E-state index contributed by atoms with van der Waals surface area (Å²) in [6, 6.07) is 11.0. The number of benzene rings is 2. The first-order valence-electron chi connectivity index (χ1n) is 8.60. The molecule has 5 nitrogen and oxygen atoms in total. The van der Waals surface area contributed by atoms with Crippen LogP contribution in [0.25, 0.3) is 0 Å². The lowest BCUT2D eigenvalue weighted by molar-refractivity contribution is 0.102. The molecule has 1 aliphatic heterocycles. The summed E-state index contributed by atoms with van der Waals surface area (Å²) in [7, 11) is 0. The van der Waals surface area contributed by atoms with Crippen LogP contribution in [-0.2, 0) is 6.42 Å². The van der Waals surface area contributed by atoms with E-state index in [1.807, 2.05) is 36.1 Å². The second-order valence-corrected chi connectivity index (χ2v) is 6.47. The number of amides is 1. The van der Waals surface area contributed by atoms with Gasteiger partial charge in [-0.15, -0.1) is 0 Å². The maximum Gasteiger partial charge on any atom is 0.274 e. The molecule has 1 N–H and O–H groups in total. The largest absolute Gasteiger partial charge is 0.318 e. The zero-order valence-electron chi connectivity index (χ0n) is 14.8. The molecule has 142 valence electrons. The van der Waals surface area contributed by atoms with Gasteiger partial charge in [0.1, 0.15) is 5.69 Å². The standard InChI is InChI=1S/C20H15F3N4O/c1-11-10-12-4-2-3-5-16(12)27(11)20-24-9-8-15(26-20)19(28)25-14-7-6-13(21)17(22)18(14)23/h2-9,11H,10H2,1H3,(H,25,28). The third-order valence-electron chi connectivity index (χ3n) is 4.58. The molecule has 8 heteroatoms. The molecule has 2 heterocycles. The second-order valence-electron chi connectivity index (χ2n) is 6.47. The van der Waals surface area contributed by atoms with Crippen molar-refractivity contribution in [1.29, 1.82) is 0 Å². The van der Waals surface area contributed by atoms with Gasteiger partial charge in [0.15, 0.2) is 17.5 Å². The van der Waals surface area contributed by atoms with Crippen molar-refractivity contribution >= 4 is 23.2 Å². The van der Waals surface area contributed by atoms with Crippen LogP contribution >= 0.6 is 0 Å². The van der Waals surface area contributed by atoms with E-state index in [-0.39, 0.29) is 11.7 Å². The lowest BCUT2D eigenvalue weighted by atomic mass is 10.1. The van der Waals surface area contributed by atoms with Crippen LogP contribution in [0.15, 0.2) is 48.7 Å². The van der Waals surface area contributed by atoms with Gasteiger partial charge in [-0.25, -0.2) is 23.1 Å². The Morgan fingerprint density at radius 2 is 1.89 bits per heavy atom. The Hall–Kier alpha value is -3.42. The molecular weight excluding hydrogens is 369 g/mol. The Kier molecular flexibility index (Phi) is 4.46. The fourth-order valence-electron chi connectivity index (χ4n) is 3.27. The number of carbonyl (C=O) groups is 1. The van der Waals surface area contributed by atoms with Gasteiger partial charge in [0.25, 0.3) is 5.91 Å². The minimum absolute atomic E-state index is 0.0225. The maximum absolute atomic E-state index is 13.8. The molecule has 0 saturated heterocycles. The summed E-state index contributed by atoms with van der Waals surface area (Å²) >= 11 is 0. The van der Waals surface area contributed by atoms with Crippen LogP contribution in [-0.4, -0.2) is 21.9 Å². The minimum atomic E-state index is -1.65. The predicted octanol–water partition coefficient (Wildman–Crippen LogP) is 4.23. The van der Waals surface area contributed by atoms with Crippen molar-refractivity contribution in [2.75, 3.05) is 10.2 Å². The fraction of sp³-hybridized carbons (Fsp3) is 0.150. The number of rotatable bonds is 3. The topological polar surface area (TPSA) is 58.1 Å². The van der Waals surface area contributed by atoms with Gasteiger partial charge in [-0.3, -0.25) is 4.79 Å². The van der Waals surface area contributed by atoms with Crippen molar-refractivity contribution in [2.24, 2.45) is 0 Å². The third kappa shape index (κ3) is 3.06. The first kappa shape index (κ1) is 18.0. The monoisotopic (exact) mass is 384 g/mol. The summed E-state index contributed by atoms with van der Waals surface area (Å²) in [6.07, 6.45) is 2.24. The summed E-state index contributed by atoms with van der Waals surface area (Å²) < 4.78 is 40.2. The number of halogens is 3. The van der Waals surface area contributed by atoms with E-state index in [0.29, 0.717) is 5.95 Å². The molecule has 4 rings (SSSR count). The number of anilines is 3. The lowest BCUT2D eigenvalue weighted by Gasteiger charge is -2.22. The molecule has 1 unspecified atom stereocenters. The number of hydrogen-bond acceptors (Lipinski definition) is 4. The number of nitrogens with zero attached hydrogens (tertiary/aromatic N) is 3. The van der Waals surface area contributed by atoms with Gasteiger partial charge in [0.05, 0.1) is 5.69 Å². The van der Waals surface area contributed by atoms with E-state index in [1.54, 1.807) is 0 Å². The van der Waals surface area contributed by atoms with E-state index in [9.17, 15) is 18.0 Å². The van der Waals surface area contributed by atoms with Crippen molar-refractivity contribution in [3.63, 3.8) is 0 Å². The lowest BCUT2D eigenvalue weighted by Crippen LogP contribution is -2.27. The summed E-state index contributed by atoms with van der Waals surface area (Å²) in [5, 5.41) is 2.21. The molecular formula is C20H15F3N4O. The molecule has 0 radical (unpaired) electrons. The van der Waals surface area contributed by atoms with Crippen molar-refractivity contribution < 1.29 is 18.0 Å². The second kappa shape index (κ2) is 6.95. The minimum Gasteiger partial charge on any atom is -0.318 e. The predicted molar refractivity (Wildman–Crippen MR) is 98.0 cm³/mol. The highest BCUT2D eigenvalue weighted by Gasteiger charge is 2.29. The molecule has 1 aliphatic rings. The first-order valence-corrected chi connectivity index (χ1v) is 8.60. The van der Waals surface area contributed by atoms with E-state index in [0.717, 1.165) is 29.8 Å². The summed E-state index contributed by atoms with van der Waals surface area (Å²) in [4.78, 5) is 22.9. The van der Waals surface area contributed by atoms with Gasteiger partial charge in [0.2, 0.25) is 5.95 Å². The molecule has 1 amide bonds. The molecule has 3 aromatic rings. The van der Waals surface area contributed by atoms with E-state index in [4.69, 9.17) is 0 Å². The highest BCUT2D eigenvalue weighted by molar-refractivity contribution is 6.03. The third-order valence-corrected chi connectivity index (χ3v) is 4.58. The smallest absolute Gasteiger partial charge is 0.274 e. The number of nitrogens with one attached hydrogen (secondary N) is 1. The van der Waals surface area contributed by atoms with Gasteiger partial charge < -0.3 is 10.2 Å². The normalized spacial score (nSPS) is 15.4. The molecule has 0 aliphatic carbocycles. The first-order chi connectivity index (χ1) is 13.5. The Labute approximate surface area is 158 Å². The van der Waals surface area contributed by atoms with E-state index < -0.39 is 29.0 Å². The van der Waals surface area contributed by atoms with Crippen molar-refractivity contribution in [3.05, 3.63) is 77.4 Å². The highest BCUT2D eigenvalue weighted by atomic mass is 19.2. The Balaban J connectivity index is 1.63. The van der Waals surface area contributed by atoms with E-state index in [2.05, 4.69) is 15.3 Å². The van der Waals surface area contributed by atoms with E-state index in [1.165, 1.54) is 12.3 Å². The molecule has 2 aromatic carbocycles. The van der Waals surface area contributed by atoms with Crippen LogP contribution in [0.1, 0.15) is 23.0 Å². The number of aromatic nitrogens is 2. The zero-order chi connectivity index (χ0) is 19.8. The molecule has 0 bridgehead atoms.